The molecule has 4 saturated carbocycles. The van der Waals surface area contributed by atoms with Gasteiger partial charge in [-0.05, 0) is 114 Å². The van der Waals surface area contributed by atoms with Crippen LogP contribution in [0.25, 0.3) is 0 Å². The summed E-state index contributed by atoms with van der Waals surface area (Å²) in [6.45, 7) is 17.6. The van der Waals surface area contributed by atoms with Crippen LogP contribution in [0.4, 0.5) is 0 Å². The van der Waals surface area contributed by atoms with E-state index >= 15 is 0 Å². The summed E-state index contributed by atoms with van der Waals surface area (Å²) in [5.74, 6) is 1.80. The number of carboxylic acid groups (broad SMARTS) is 1. The predicted octanol–water partition coefficient (Wildman–Crippen LogP) is 7.72. The molecule has 4 heteroatoms. The Morgan fingerprint density at radius 3 is 2.28 bits per heavy atom. The van der Waals surface area contributed by atoms with Crippen molar-refractivity contribution in [3.8, 4) is 0 Å². The van der Waals surface area contributed by atoms with Gasteiger partial charge in [-0.15, -0.1) is 0 Å². The van der Waals surface area contributed by atoms with Gasteiger partial charge in [0.05, 0.1) is 5.92 Å². The Balaban J connectivity index is 0.00000304. The molecule has 10 atom stereocenters. The SMILES string of the molecule is CC[C@@]1(C)C2CC[C@]3(C)C(CC=C4C5CC(C)(C)C[C@@H](C(=O)O)C5CC[C@]43C)[C@@]2(C)CC[C@@H]1CO.[Y]. The Kier molecular flexibility index (Phi) is 7.67. The van der Waals surface area contributed by atoms with Gasteiger partial charge in [0.1, 0.15) is 0 Å². The number of aliphatic carboxylic acids is 1. The first-order valence-corrected chi connectivity index (χ1v) is 14.8. The third-order valence-corrected chi connectivity index (χ3v) is 13.8. The number of carbonyl (C=O) groups is 1. The van der Waals surface area contributed by atoms with Crippen LogP contribution in [0.15, 0.2) is 11.6 Å². The minimum absolute atomic E-state index is 0. The first-order valence-electron chi connectivity index (χ1n) is 14.8. The molecule has 201 valence electrons. The summed E-state index contributed by atoms with van der Waals surface area (Å²) in [5.41, 5.74) is 2.74. The second kappa shape index (κ2) is 9.43. The van der Waals surface area contributed by atoms with Gasteiger partial charge in [-0.25, -0.2) is 0 Å². The van der Waals surface area contributed by atoms with Crippen molar-refractivity contribution in [1.29, 1.82) is 0 Å². The Morgan fingerprint density at radius 2 is 1.67 bits per heavy atom. The van der Waals surface area contributed by atoms with Crippen molar-refractivity contribution in [1.82, 2.24) is 0 Å². The van der Waals surface area contributed by atoms with E-state index < -0.39 is 5.97 Å². The maximum atomic E-state index is 12.3. The normalized spacial score (nSPS) is 51.4. The number of fused-ring (bicyclic) bond motifs is 7. The van der Waals surface area contributed by atoms with Crippen LogP contribution < -0.4 is 0 Å². The number of rotatable bonds is 3. The molecule has 0 heterocycles. The summed E-state index contributed by atoms with van der Waals surface area (Å²) < 4.78 is 0. The predicted molar refractivity (Wildman–Crippen MR) is 142 cm³/mol. The fraction of sp³-hybridized carbons (Fsp3) is 0.906. The Hall–Kier alpha value is 0.274. The molecule has 3 nitrogen and oxygen atoms in total. The molecule has 0 saturated heterocycles. The van der Waals surface area contributed by atoms with Gasteiger partial charge in [-0.1, -0.05) is 66.5 Å². The maximum Gasteiger partial charge on any atom is 0.306 e. The average Bonchev–Trinajstić information content (AvgIpc) is 2.78. The van der Waals surface area contributed by atoms with Crippen LogP contribution in [-0.4, -0.2) is 22.8 Å². The number of carboxylic acids is 1. The number of hydrogen-bond donors (Lipinski definition) is 2. The number of allylic oxidation sites excluding steroid dienone is 2. The van der Waals surface area contributed by atoms with Gasteiger partial charge in [0.2, 0.25) is 0 Å². The molecule has 36 heavy (non-hydrogen) atoms. The van der Waals surface area contributed by atoms with Crippen molar-refractivity contribution in [3.05, 3.63) is 11.6 Å². The molecular formula is C32H52O3Y. The van der Waals surface area contributed by atoms with Crippen LogP contribution >= 0.6 is 0 Å². The molecule has 0 amide bonds. The van der Waals surface area contributed by atoms with Gasteiger partial charge in [-0.2, -0.15) is 0 Å². The fourth-order valence-corrected chi connectivity index (χ4v) is 11.6. The van der Waals surface area contributed by atoms with Crippen LogP contribution in [-0.2, 0) is 37.5 Å². The molecule has 0 aromatic heterocycles. The first-order chi connectivity index (χ1) is 16.3. The van der Waals surface area contributed by atoms with Crippen LogP contribution in [0.1, 0.15) is 113 Å². The number of aliphatic hydroxyl groups is 1. The molecule has 2 N–H and O–H groups in total. The van der Waals surface area contributed by atoms with Gasteiger partial charge in [-0.3, -0.25) is 4.79 Å². The van der Waals surface area contributed by atoms with Gasteiger partial charge in [0.25, 0.3) is 0 Å². The second-order valence-corrected chi connectivity index (χ2v) is 15.4. The monoisotopic (exact) mass is 573 g/mol. The van der Waals surface area contributed by atoms with E-state index in [1.54, 1.807) is 5.57 Å². The van der Waals surface area contributed by atoms with Gasteiger partial charge >= 0.3 is 5.97 Å². The molecule has 5 rings (SSSR count). The summed E-state index contributed by atoms with van der Waals surface area (Å²) in [7, 11) is 0. The third kappa shape index (κ3) is 3.85. The van der Waals surface area contributed by atoms with E-state index in [1.165, 1.54) is 25.7 Å². The van der Waals surface area contributed by atoms with Crippen LogP contribution in [0, 0.1) is 62.6 Å². The third-order valence-electron chi connectivity index (χ3n) is 13.8. The van der Waals surface area contributed by atoms with E-state index in [0.29, 0.717) is 41.6 Å². The molecule has 0 spiro atoms. The van der Waals surface area contributed by atoms with E-state index in [2.05, 4.69) is 54.5 Å². The quantitative estimate of drug-likeness (QED) is 0.340. The number of hydrogen-bond acceptors (Lipinski definition) is 2. The van der Waals surface area contributed by atoms with E-state index in [4.69, 9.17) is 0 Å². The summed E-state index contributed by atoms with van der Waals surface area (Å²) in [6.07, 6.45) is 14.2. The number of aliphatic hydroxyl groups excluding tert-OH is 1. The molecule has 0 aromatic carbocycles. The van der Waals surface area contributed by atoms with Crippen molar-refractivity contribution >= 4 is 5.97 Å². The topological polar surface area (TPSA) is 57.5 Å². The fourth-order valence-electron chi connectivity index (χ4n) is 11.6. The first kappa shape index (κ1) is 29.3. The van der Waals surface area contributed by atoms with Gasteiger partial charge in [0, 0.05) is 39.3 Å². The minimum atomic E-state index is -0.565. The van der Waals surface area contributed by atoms with Crippen molar-refractivity contribution in [2.24, 2.45) is 62.6 Å². The van der Waals surface area contributed by atoms with Gasteiger partial charge < -0.3 is 10.2 Å². The zero-order chi connectivity index (χ0) is 25.6. The molecule has 1 radical (unpaired) electrons. The van der Waals surface area contributed by atoms with Crippen molar-refractivity contribution in [3.63, 3.8) is 0 Å². The smallest absolute Gasteiger partial charge is 0.306 e. The summed E-state index contributed by atoms with van der Waals surface area (Å²) in [6, 6.07) is 0. The molecule has 5 aliphatic carbocycles. The van der Waals surface area contributed by atoms with E-state index in [9.17, 15) is 15.0 Å². The summed E-state index contributed by atoms with van der Waals surface area (Å²) in [5, 5.41) is 20.4. The van der Waals surface area contributed by atoms with E-state index in [0.717, 1.165) is 38.5 Å². The zero-order valence-electron chi connectivity index (χ0n) is 24.2. The molecule has 4 fully saturated rings. The second-order valence-electron chi connectivity index (χ2n) is 15.4. The molecule has 0 aromatic rings. The molecule has 5 aliphatic rings. The van der Waals surface area contributed by atoms with Crippen molar-refractivity contribution in [2.45, 2.75) is 113 Å². The molecular weight excluding hydrogens is 521 g/mol. The van der Waals surface area contributed by atoms with Crippen LogP contribution in [0.3, 0.4) is 0 Å². The molecule has 4 unspecified atom stereocenters. The maximum absolute atomic E-state index is 12.3. The van der Waals surface area contributed by atoms with Crippen molar-refractivity contribution < 1.29 is 47.7 Å². The Bertz CT molecular complexity index is 911. The standard InChI is InChI=1S/C32H52O3.Y/c1-8-29(4)20(19-33)11-14-30(5)25(29)13-16-32(7)26(30)10-9-24-22-17-28(2,3)18-23(27(34)35)21(22)12-15-31(24,32)6;/h9,20-23,25-26,33H,8,10-19H2,1-7H3,(H,34,35);/t20-,21?,22?,23-,25?,26?,29-,30+,31-,32-;/m1./s1. The largest absolute Gasteiger partial charge is 0.481 e. The summed E-state index contributed by atoms with van der Waals surface area (Å²) >= 11 is 0. The minimum Gasteiger partial charge on any atom is -0.481 e. The molecule has 0 aliphatic heterocycles. The van der Waals surface area contributed by atoms with Gasteiger partial charge in [0.15, 0.2) is 0 Å². The Labute approximate surface area is 245 Å². The molecule has 0 bridgehead atoms. The van der Waals surface area contributed by atoms with Crippen LogP contribution in [0.5, 0.6) is 0 Å². The van der Waals surface area contributed by atoms with Crippen molar-refractivity contribution in [2.75, 3.05) is 6.61 Å². The Morgan fingerprint density at radius 1 is 0.972 bits per heavy atom. The average molecular weight is 574 g/mol. The zero-order valence-corrected chi connectivity index (χ0v) is 27.0. The van der Waals surface area contributed by atoms with Crippen LogP contribution in [0.2, 0.25) is 0 Å². The van der Waals surface area contributed by atoms with E-state index in [-0.39, 0.29) is 60.3 Å². The van der Waals surface area contributed by atoms with E-state index in [1.807, 2.05) is 0 Å². The summed E-state index contributed by atoms with van der Waals surface area (Å²) in [4.78, 5) is 12.3.